The largest absolute Gasteiger partial charge is 0.508 e. The highest BCUT2D eigenvalue weighted by molar-refractivity contribution is 6.23. The van der Waals surface area contributed by atoms with E-state index in [2.05, 4.69) is 0 Å². The Morgan fingerprint density at radius 3 is 2.39 bits per heavy atom. The maximum absolute atomic E-state index is 13.8. The van der Waals surface area contributed by atoms with Gasteiger partial charge in [-0.3, -0.25) is 19.2 Å². The highest BCUT2D eigenvalue weighted by Crippen LogP contribution is 2.56. The summed E-state index contributed by atoms with van der Waals surface area (Å²) in [5.74, 6) is -9.74. The van der Waals surface area contributed by atoms with E-state index in [0.717, 1.165) is 25.7 Å². The third-order valence-electron chi connectivity index (χ3n) is 8.40. The second-order valence-corrected chi connectivity index (χ2v) is 10.2. The molecule has 4 aliphatic rings. The first-order chi connectivity index (χ1) is 17.0. The molecule has 5 atom stereocenters. The maximum atomic E-state index is 13.8. The van der Waals surface area contributed by atoms with Gasteiger partial charge >= 0.3 is 0 Å². The third kappa shape index (κ3) is 3.17. The van der Waals surface area contributed by atoms with Gasteiger partial charge < -0.3 is 31.3 Å². The summed E-state index contributed by atoms with van der Waals surface area (Å²) < 4.78 is 0. The number of carbonyl (C=O) groups excluding carboxylic acids is 4. The quantitative estimate of drug-likeness (QED) is 0.330. The standard InChI is InChI=1S/C26H27NO9/c27-25(35)19-16(30)9-13-21(31)18-12(8-15(29)10-4-1-2-5-10)11-6-3-7-14(28)17(11)22(32)20(18)24(34)26(13,36)23(19)33/h3,6-7,10,12-13,18,21,28,31-33,36H,1-2,4-5,8-9H2,(H2,27,35)/t12-,13+,18+,21+,26+/m0/s1. The van der Waals surface area contributed by atoms with Crippen molar-refractivity contribution in [3.8, 4) is 5.75 Å². The molecule has 1 amide bonds. The van der Waals surface area contributed by atoms with Crippen LogP contribution in [0.3, 0.4) is 0 Å². The Kier molecular flexibility index (Phi) is 5.57. The number of nitrogens with two attached hydrogens (primary N) is 1. The van der Waals surface area contributed by atoms with E-state index in [1.54, 1.807) is 6.07 Å². The van der Waals surface area contributed by atoms with Crippen molar-refractivity contribution in [3.63, 3.8) is 0 Å². The molecule has 10 nitrogen and oxygen atoms in total. The Labute approximate surface area is 205 Å². The lowest BCUT2D eigenvalue weighted by Gasteiger charge is -2.51. The van der Waals surface area contributed by atoms with Crippen molar-refractivity contribution in [2.45, 2.75) is 56.1 Å². The fourth-order valence-electron chi connectivity index (χ4n) is 6.65. The lowest BCUT2D eigenvalue weighted by atomic mass is 9.55. The number of rotatable bonds is 4. The van der Waals surface area contributed by atoms with Crippen LogP contribution in [-0.2, 0) is 19.2 Å². The van der Waals surface area contributed by atoms with Crippen LogP contribution in [0, 0.1) is 17.8 Å². The zero-order chi connectivity index (χ0) is 26.1. The molecule has 2 saturated carbocycles. The number of phenols is 1. The van der Waals surface area contributed by atoms with Gasteiger partial charge in [-0.05, 0) is 24.5 Å². The van der Waals surface area contributed by atoms with Crippen molar-refractivity contribution >= 4 is 29.0 Å². The van der Waals surface area contributed by atoms with E-state index in [9.17, 15) is 44.7 Å². The number of carbonyl (C=O) groups is 4. The summed E-state index contributed by atoms with van der Waals surface area (Å²) in [5, 5.41) is 55.3. The number of hydrogen-bond acceptors (Lipinski definition) is 9. The molecule has 0 heterocycles. The lowest BCUT2D eigenvalue weighted by molar-refractivity contribution is -0.161. The molecule has 5 rings (SSSR count). The molecule has 1 aromatic carbocycles. The van der Waals surface area contributed by atoms with Gasteiger partial charge in [0.15, 0.2) is 11.4 Å². The Morgan fingerprint density at radius 1 is 1.08 bits per heavy atom. The van der Waals surface area contributed by atoms with Crippen molar-refractivity contribution in [2.24, 2.45) is 23.5 Å². The van der Waals surface area contributed by atoms with Crippen LogP contribution in [0.2, 0.25) is 0 Å². The van der Waals surface area contributed by atoms with Crippen LogP contribution < -0.4 is 5.73 Å². The van der Waals surface area contributed by atoms with Crippen molar-refractivity contribution in [3.05, 3.63) is 46.2 Å². The number of ketones is 3. The molecule has 10 heteroatoms. The first-order valence-corrected chi connectivity index (χ1v) is 12.0. The molecule has 0 unspecified atom stereocenters. The minimum atomic E-state index is -2.90. The van der Waals surface area contributed by atoms with Gasteiger partial charge in [0.2, 0.25) is 5.78 Å². The van der Waals surface area contributed by atoms with Gasteiger partial charge in [-0.1, -0.05) is 25.0 Å². The molecule has 36 heavy (non-hydrogen) atoms. The molecule has 0 spiro atoms. The highest BCUT2D eigenvalue weighted by Gasteiger charge is 2.65. The molecule has 0 bridgehead atoms. The van der Waals surface area contributed by atoms with Gasteiger partial charge in [-0.2, -0.15) is 0 Å². The van der Waals surface area contributed by atoms with Crippen LogP contribution in [0.25, 0.3) is 5.76 Å². The van der Waals surface area contributed by atoms with Gasteiger partial charge in [-0.25, -0.2) is 0 Å². The average molecular weight is 498 g/mol. The van der Waals surface area contributed by atoms with Crippen molar-refractivity contribution in [1.82, 2.24) is 0 Å². The van der Waals surface area contributed by atoms with Crippen LogP contribution in [0.4, 0.5) is 0 Å². The zero-order valence-electron chi connectivity index (χ0n) is 19.3. The molecular formula is C26H27NO9. The molecule has 7 N–H and O–H groups in total. The third-order valence-corrected chi connectivity index (χ3v) is 8.40. The predicted molar refractivity (Wildman–Crippen MR) is 123 cm³/mol. The van der Waals surface area contributed by atoms with E-state index >= 15 is 0 Å². The number of Topliss-reactive ketones (excluding diaryl/α,β-unsaturated/α-hetero) is 3. The van der Waals surface area contributed by atoms with Gasteiger partial charge in [0.25, 0.3) is 5.91 Å². The molecule has 0 aliphatic heterocycles. The normalized spacial score (nSPS) is 32.3. The van der Waals surface area contributed by atoms with Crippen molar-refractivity contribution < 1.29 is 44.7 Å². The number of hydrogen-bond donors (Lipinski definition) is 6. The fourth-order valence-corrected chi connectivity index (χ4v) is 6.65. The maximum Gasteiger partial charge on any atom is 0.255 e. The predicted octanol–water partition coefficient (Wildman–Crippen LogP) is 1.09. The monoisotopic (exact) mass is 497 g/mol. The Morgan fingerprint density at radius 2 is 1.75 bits per heavy atom. The molecule has 1 aromatic rings. The van der Waals surface area contributed by atoms with Crippen molar-refractivity contribution in [1.29, 1.82) is 0 Å². The number of aliphatic hydroxyl groups is 4. The Balaban J connectivity index is 1.70. The van der Waals surface area contributed by atoms with E-state index < -0.39 is 76.0 Å². The summed E-state index contributed by atoms with van der Waals surface area (Å²) in [5.41, 5.74) is 1.10. The minimum Gasteiger partial charge on any atom is -0.508 e. The number of amides is 1. The molecular weight excluding hydrogens is 470 g/mol. The lowest BCUT2D eigenvalue weighted by Crippen LogP contribution is -2.64. The molecule has 0 saturated heterocycles. The van der Waals surface area contributed by atoms with E-state index in [0.29, 0.717) is 5.56 Å². The highest BCUT2D eigenvalue weighted by atomic mass is 16.4. The zero-order valence-corrected chi connectivity index (χ0v) is 19.3. The second-order valence-electron chi connectivity index (χ2n) is 10.2. The van der Waals surface area contributed by atoms with Crippen LogP contribution in [-0.4, -0.2) is 60.5 Å². The SMILES string of the molecule is NC(=O)C1=C(O)[C@@]2(O)C(=O)C3=C(O)c4c(O)cccc4[C@H](CC(=O)C4CCCC4)[C@H]3[C@H](O)[C@H]2CC1=O. The van der Waals surface area contributed by atoms with Gasteiger partial charge in [0.05, 0.1) is 11.7 Å². The Bertz CT molecular complexity index is 1270. The average Bonchev–Trinajstić information content (AvgIpc) is 3.36. The number of phenolic OH excluding ortho intramolecular Hbond substituents is 1. The van der Waals surface area contributed by atoms with E-state index in [1.807, 2.05) is 0 Å². The molecule has 0 radical (unpaired) electrons. The molecule has 190 valence electrons. The summed E-state index contributed by atoms with van der Waals surface area (Å²) >= 11 is 0. The smallest absolute Gasteiger partial charge is 0.255 e. The minimum absolute atomic E-state index is 0.0773. The molecule has 4 aliphatic carbocycles. The first-order valence-electron chi connectivity index (χ1n) is 12.0. The number of benzene rings is 1. The molecule has 0 aromatic heterocycles. The van der Waals surface area contributed by atoms with Crippen LogP contribution >= 0.6 is 0 Å². The number of aliphatic hydroxyl groups excluding tert-OH is 3. The molecule has 2 fully saturated rings. The van der Waals surface area contributed by atoms with E-state index in [4.69, 9.17) is 5.73 Å². The van der Waals surface area contributed by atoms with Crippen LogP contribution in [0.5, 0.6) is 5.75 Å². The van der Waals surface area contributed by atoms with Gasteiger partial charge in [0.1, 0.15) is 28.6 Å². The first kappa shape index (κ1) is 24.2. The van der Waals surface area contributed by atoms with Crippen LogP contribution in [0.15, 0.2) is 35.1 Å². The van der Waals surface area contributed by atoms with Crippen LogP contribution in [0.1, 0.15) is 55.6 Å². The van der Waals surface area contributed by atoms with E-state index in [-0.39, 0.29) is 29.4 Å². The van der Waals surface area contributed by atoms with Gasteiger partial charge in [0, 0.05) is 42.1 Å². The summed E-state index contributed by atoms with van der Waals surface area (Å²) in [7, 11) is 0. The Hall–Kier alpha value is -3.50. The number of aromatic hydroxyl groups is 1. The van der Waals surface area contributed by atoms with Gasteiger partial charge in [-0.15, -0.1) is 0 Å². The number of primary amides is 1. The summed E-state index contributed by atoms with van der Waals surface area (Å²) in [6.45, 7) is 0. The topological polar surface area (TPSA) is 195 Å². The van der Waals surface area contributed by atoms with E-state index in [1.165, 1.54) is 12.1 Å². The van der Waals surface area contributed by atoms with Crippen molar-refractivity contribution in [2.75, 3.05) is 0 Å². The summed E-state index contributed by atoms with van der Waals surface area (Å²) in [6, 6.07) is 4.39. The number of fused-ring (bicyclic) bond motifs is 3. The fraction of sp³-hybridized carbons (Fsp3) is 0.462. The second kappa shape index (κ2) is 8.28. The summed E-state index contributed by atoms with van der Waals surface area (Å²) in [6.07, 6.45) is 0.864. The summed E-state index contributed by atoms with van der Waals surface area (Å²) in [4.78, 5) is 51.4.